The van der Waals surface area contributed by atoms with Crippen LogP contribution in [0.4, 0.5) is 8.78 Å². The number of likely N-dealkylation sites (tertiary alicyclic amines) is 1. The van der Waals surface area contributed by atoms with Gasteiger partial charge in [0.25, 0.3) is 0 Å². The van der Waals surface area contributed by atoms with Crippen LogP contribution in [0, 0.1) is 17.6 Å². The Bertz CT molecular complexity index is 725. The fraction of sp³-hybridized carbons (Fsp3) is 0.562. The van der Waals surface area contributed by atoms with E-state index in [1.165, 1.54) is 0 Å². The van der Waals surface area contributed by atoms with Crippen molar-refractivity contribution in [2.24, 2.45) is 5.92 Å². The van der Waals surface area contributed by atoms with Crippen LogP contribution >= 0.6 is 0 Å². The molecule has 2 saturated heterocycles. The fourth-order valence-electron chi connectivity index (χ4n) is 3.35. The minimum atomic E-state index is -4.09. The Labute approximate surface area is 140 Å². The average molecular weight is 358 g/mol. The van der Waals surface area contributed by atoms with Crippen molar-refractivity contribution in [3.05, 3.63) is 29.8 Å². The van der Waals surface area contributed by atoms with E-state index in [-0.39, 0.29) is 24.9 Å². The second-order valence-electron chi connectivity index (χ2n) is 6.29. The van der Waals surface area contributed by atoms with E-state index in [1.807, 2.05) is 4.90 Å². The van der Waals surface area contributed by atoms with Gasteiger partial charge in [0.2, 0.25) is 15.9 Å². The van der Waals surface area contributed by atoms with Crippen LogP contribution in [0.15, 0.2) is 23.1 Å². The zero-order valence-electron chi connectivity index (χ0n) is 13.2. The first-order valence-corrected chi connectivity index (χ1v) is 9.57. The average Bonchev–Trinajstić information content (AvgIpc) is 3.11. The third kappa shape index (κ3) is 3.30. The highest BCUT2D eigenvalue weighted by Gasteiger charge is 2.35. The number of carbonyl (C=O) groups is 1. The highest BCUT2D eigenvalue weighted by atomic mass is 32.2. The molecule has 132 valence electrons. The van der Waals surface area contributed by atoms with Gasteiger partial charge in [0.05, 0.1) is 0 Å². The van der Waals surface area contributed by atoms with E-state index in [0.717, 1.165) is 42.4 Å². The summed E-state index contributed by atoms with van der Waals surface area (Å²) >= 11 is 0. The predicted octanol–water partition coefficient (Wildman–Crippen LogP) is 1.99. The summed E-state index contributed by atoms with van der Waals surface area (Å²) in [5.74, 6) is -1.87. The Balaban J connectivity index is 1.69. The van der Waals surface area contributed by atoms with Gasteiger partial charge < -0.3 is 4.90 Å². The van der Waals surface area contributed by atoms with Gasteiger partial charge in [-0.3, -0.25) is 4.79 Å². The smallest absolute Gasteiger partial charge is 0.246 e. The van der Waals surface area contributed by atoms with Crippen LogP contribution < -0.4 is 0 Å². The number of sulfonamides is 1. The molecule has 0 unspecified atom stereocenters. The van der Waals surface area contributed by atoms with Crippen LogP contribution in [0.3, 0.4) is 0 Å². The van der Waals surface area contributed by atoms with E-state index in [1.54, 1.807) is 0 Å². The first-order chi connectivity index (χ1) is 11.4. The highest BCUT2D eigenvalue weighted by molar-refractivity contribution is 7.89. The van der Waals surface area contributed by atoms with Gasteiger partial charge in [-0.25, -0.2) is 17.2 Å². The number of hydrogen-bond donors (Lipinski definition) is 0. The van der Waals surface area contributed by atoms with Crippen molar-refractivity contribution in [3.63, 3.8) is 0 Å². The van der Waals surface area contributed by atoms with E-state index >= 15 is 0 Å². The van der Waals surface area contributed by atoms with Crippen molar-refractivity contribution in [1.29, 1.82) is 0 Å². The molecule has 0 radical (unpaired) electrons. The van der Waals surface area contributed by atoms with Gasteiger partial charge in [-0.05, 0) is 43.9 Å². The van der Waals surface area contributed by atoms with Crippen molar-refractivity contribution >= 4 is 15.9 Å². The molecule has 2 heterocycles. The molecule has 0 N–H and O–H groups in total. The molecule has 24 heavy (non-hydrogen) atoms. The lowest BCUT2D eigenvalue weighted by atomic mass is 9.97. The molecule has 8 heteroatoms. The van der Waals surface area contributed by atoms with Gasteiger partial charge in [-0.15, -0.1) is 0 Å². The molecule has 5 nitrogen and oxygen atoms in total. The highest BCUT2D eigenvalue weighted by Crippen LogP contribution is 2.27. The Morgan fingerprint density at radius 3 is 2.29 bits per heavy atom. The summed E-state index contributed by atoms with van der Waals surface area (Å²) in [6.45, 7) is 1.82. The van der Waals surface area contributed by atoms with Crippen molar-refractivity contribution < 1.29 is 22.0 Å². The minimum absolute atomic E-state index is 0.0847. The first kappa shape index (κ1) is 17.3. The zero-order chi connectivity index (χ0) is 17.3. The maximum absolute atomic E-state index is 13.8. The third-order valence-electron chi connectivity index (χ3n) is 4.73. The number of rotatable bonds is 3. The summed E-state index contributed by atoms with van der Waals surface area (Å²) in [6, 6.07) is 2.40. The molecule has 0 spiro atoms. The summed E-state index contributed by atoms with van der Waals surface area (Å²) in [7, 11) is -4.09. The fourth-order valence-corrected chi connectivity index (χ4v) is 4.90. The SMILES string of the molecule is O=C(C1CCN(S(=O)(=O)c2cc(F)ccc2F)CC1)N1CCCC1. The quantitative estimate of drug-likeness (QED) is 0.830. The lowest BCUT2D eigenvalue weighted by Gasteiger charge is -2.32. The van der Waals surface area contributed by atoms with Crippen LogP contribution in [0.1, 0.15) is 25.7 Å². The number of piperidine rings is 1. The Kier molecular flexibility index (Phi) is 4.87. The predicted molar refractivity (Wildman–Crippen MR) is 83.7 cm³/mol. The largest absolute Gasteiger partial charge is 0.342 e. The van der Waals surface area contributed by atoms with E-state index < -0.39 is 26.6 Å². The number of halogens is 2. The van der Waals surface area contributed by atoms with Crippen LogP contribution in [-0.2, 0) is 14.8 Å². The monoisotopic (exact) mass is 358 g/mol. The summed E-state index contributed by atoms with van der Waals surface area (Å²) in [6.07, 6.45) is 2.84. The first-order valence-electron chi connectivity index (χ1n) is 8.13. The molecular formula is C16H20F2N2O3S. The Morgan fingerprint density at radius 1 is 1.04 bits per heavy atom. The molecule has 0 aliphatic carbocycles. The third-order valence-corrected chi connectivity index (χ3v) is 6.65. The lowest BCUT2D eigenvalue weighted by molar-refractivity contribution is -0.135. The molecule has 1 amide bonds. The normalized spacial score (nSPS) is 20.5. The molecule has 3 rings (SSSR count). The maximum Gasteiger partial charge on any atom is 0.246 e. The molecule has 1 aromatic carbocycles. The molecule has 0 aromatic heterocycles. The number of hydrogen-bond acceptors (Lipinski definition) is 3. The van der Waals surface area contributed by atoms with Crippen molar-refractivity contribution in [2.45, 2.75) is 30.6 Å². The topological polar surface area (TPSA) is 57.7 Å². The Hall–Kier alpha value is -1.54. The summed E-state index contributed by atoms with van der Waals surface area (Å²) in [5, 5.41) is 0. The molecule has 0 saturated carbocycles. The number of benzene rings is 1. The summed E-state index contributed by atoms with van der Waals surface area (Å²) in [4.78, 5) is 13.6. The zero-order valence-corrected chi connectivity index (χ0v) is 14.1. The molecule has 2 aliphatic heterocycles. The molecule has 1 aromatic rings. The molecule has 2 fully saturated rings. The van der Waals surface area contributed by atoms with Gasteiger partial charge in [0, 0.05) is 32.1 Å². The van der Waals surface area contributed by atoms with Crippen molar-refractivity contribution in [3.8, 4) is 0 Å². The van der Waals surface area contributed by atoms with Gasteiger partial charge in [0.15, 0.2) is 0 Å². The van der Waals surface area contributed by atoms with E-state index in [9.17, 15) is 22.0 Å². The van der Waals surface area contributed by atoms with Gasteiger partial charge in [-0.1, -0.05) is 0 Å². The lowest BCUT2D eigenvalue weighted by Crippen LogP contribution is -2.43. The summed E-state index contributed by atoms with van der Waals surface area (Å²) < 4.78 is 53.3. The second kappa shape index (κ2) is 6.76. The Morgan fingerprint density at radius 2 is 1.67 bits per heavy atom. The van der Waals surface area contributed by atoms with Crippen LogP contribution in [0.25, 0.3) is 0 Å². The molecule has 2 aliphatic rings. The van der Waals surface area contributed by atoms with Crippen LogP contribution in [-0.4, -0.2) is 49.7 Å². The van der Waals surface area contributed by atoms with Crippen LogP contribution in [0.5, 0.6) is 0 Å². The minimum Gasteiger partial charge on any atom is -0.342 e. The van der Waals surface area contributed by atoms with Gasteiger partial charge >= 0.3 is 0 Å². The maximum atomic E-state index is 13.8. The van der Waals surface area contributed by atoms with E-state index in [0.29, 0.717) is 18.9 Å². The number of nitrogens with zero attached hydrogens (tertiary/aromatic N) is 2. The molecular weight excluding hydrogens is 338 g/mol. The second-order valence-corrected chi connectivity index (χ2v) is 8.19. The molecule has 0 atom stereocenters. The summed E-state index contributed by atoms with van der Waals surface area (Å²) in [5.41, 5.74) is 0. The number of carbonyl (C=O) groups excluding carboxylic acids is 1. The van der Waals surface area contributed by atoms with Gasteiger partial charge in [0.1, 0.15) is 16.5 Å². The van der Waals surface area contributed by atoms with E-state index in [4.69, 9.17) is 0 Å². The standard InChI is InChI=1S/C16H20F2N2O3S/c17-13-3-4-14(18)15(11-13)24(22,23)20-9-5-12(6-10-20)16(21)19-7-1-2-8-19/h3-4,11-12H,1-2,5-10H2. The van der Waals surface area contributed by atoms with E-state index in [2.05, 4.69) is 0 Å². The van der Waals surface area contributed by atoms with Gasteiger partial charge in [-0.2, -0.15) is 4.31 Å². The molecule has 0 bridgehead atoms. The number of amides is 1. The van der Waals surface area contributed by atoms with Crippen LogP contribution in [0.2, 0.25) is 0 Å². The van der Waals surface area contributed by atoms with Crippen molar-refractivity contribution in [2.75, 3.05) is 26.2 Å². The van der Waals surface area contributed by atoms with Crippen molar-refractivity contribution in [1.82, 2.24) is 9.21 Å².